The van der Waals surface area contributed by atoms with Crippen LogP contribution in [0.1, 0.15) is 39.2 Å². The van der Waals surface area contributed by atoms with Gasteiger partial charge in [-0.2, -0.15) is 0 Å². The lowest BCUT2D eigenvalue weighted by Crippen LogP contribution is -2.34. The predicted octanol–water partition coefficient (Wildman–Crippen LogP) is 6.89. The van der Waals surface area contributed by atoms with Crippen molar-refractivity contribution in [2.75, 3.05) is 7.11 Å². The first-order valence-corrected chi connectivity index (χ1v) is 12.3. The van der Waals surface area contributed by atoms with E-state index in [1.807, 2.05) is 12.1 Å². The number of ether oxygens (including phenoxy) is 1. The van der Waals surface area contributed by atoms with Gasteiger partial charge in [-0.15, -0.1) is 6.58 Å². The van der Waals surface area contributed by atoms with E-state index in [0.29, 0.717) is 0 Å². The SMILES string of the molecule is C=C[C@](C)(CCC=C(C)C)/C(=C/c1ccc(OC)cc1)[Si](C)(C)C. The number of hydrogen-bond donors (Lipinski definition) is 0. The van der Waals surface area contributed by atoms with E-state index in [4.69, 9.17) is 4.74 Å². The third-order valence-corrected chi connectivity index (χ3v) is 6.85. The van der Waals surface area contributed by atoms with Gasteiger partial charge >= 0.3 is 0 Å². The van der Waals surface area contributed by atoms with Crippen molar-refractivity contribution < 1.29 is 4.74 Å². The average molecular weight is 343 g/mol. The van der Waals surface area contributed by atoms with Crippen molar-refractivity contribution in [1.29, 1.82) is 0 Å². The van der Waals surface area contributed by atoms with E-state index < -0.39 is 8.07 Å². The van der Waals surface area contributed by atoms with Crippen LogP contribution in [0.3, 0.4) is 0 Å². The molecule has 0 saturated heterocycles. The summed E-state index contributed by atoms with van der Waals surface area (Å²) in [6.45, 7) is 18.1. The lowest BCUT2D eigenvalue weighted by Gasteiger charge is -2.37. The Labute approximate surface area is 150 Å². The minimum Gasteiger partial charge on any atom is -0.497 e. The van der Waals surface area contributed by atoms with E-state index in [1.54, 1.807) is 12.3 Å². The Balaban J connectivity index is 3.24. The second-order valence-corrected chi connectivity index (χ2v) is 13.1. The summed E-state index contributed by atoms with van der Waals surface area (Å²) in [5.41, 5.74) is 2.66. The van der Waals surface area contributed by atoms with Crippen molar-refractivity contribution in [2.24, 2.45) is 5.41 Å². The Bertz CT molecular complexity index is 598. The second kappa shape index (κ2) is 8.52. The predicted molar refractivity (Wildman–Crippen MR) is 111 cm³/mol. The third kappa shape index (κ3) is 5.83. The molecule has 2 heteroatoms. The van der Waals surface area contributed by atoms with Gasteiger partial charge in [0, 0.05) is 5.41 Å². The van der Waals surface area contributed by atoms with E-state index in [-0.39, 0.29) is 5.41 Å². The zero-order valence-electron chi connectivity index (χ0n) is 16.6. The summed E-state index contributed by atoms with van der Waals surface area (Å²) >= 11 is 0. The van der Waals surface area contributed by atoms with Crippen LogP contribution in [0.15, 0.2) is 53.8 Å². The van der Waals surface area contributed by atoms with Crippen LogP contribution >= 0.6 is 0 Å². The van der Waals surface area contributed by atoms with Crippen LogP contribution in [0, 0.1) is 5.41 Å². The molecule has 0 radical (unpaired) electrons. The van der Waals surface area contributed by atoms with Gasteiger partial charge in [0.1, 0.15) is 5.75 Å². The smallest absolute Gasteiger partial charge is 0.118 e. The normalized spacial score (nSPS) is 14.7. The highest BCUT2D eigenvalue weighted by atomic mass is 28.3. The highest BCUT2D eigenvalue weighted by Gasteiger charge is 2.33. The van der Waals surface area contributed by atoms with Crippen LogP contribution in [-0.4, -0.2) is 15.2 Å². The molecule has 0 aliphatic heterocycles. The summed E-state index contributed by atoms with van der Waals surface area (Å²) in [5, 5.41) is 1.55. The number of allylic oxidation sites excluding steroid dienone is 4. The molecule has 1 aromatic rings. The zero-order chi connectivity index (χ0) is 18.4. The van der Waals surface area contributed by atoms with E-state index >= 15 is 0 Å². The fourth-order valence-corrected chi connectivity index (χ4v) is 5.65. The van der Waals surface area contributed by atoms with Crippen molar-refractivity contribution in [1.82, 2.24) is 0 Å². The van der Waals surface area contributed by atoms with Gasteiger partial charge in [0.25, 0.3) is 0 Å². The monoisotopic (exact) mass is 342 g/mol. The number of benzene rings is 1. The van der Waals surface area contributed by atoms with Crippen molar-refractivity contribution in [3.63, 3.8) is 0 Å². The molecule has 1 atom stereocenters. The summed E-state index contributed by atoms with van der Waals surface area (Å²) < 4.78 is 5.27. The summed E-state index contributed by atoms with van der Waals surface area (Å²) in [7, 11) is 0.218. The third-order valence-electron chi connectivity index (χ3n) is 4.52. The maximum absolute atomic E-state index is 5.27. The van der Waals surface area contributed by atoms with Crippen molar-refractivity contribution in [2.45, 2.75) is 53.3 Å². The van der Waals surface area contributed by atoms with Crippen LogP contribution in [0.2, 0.25) is 19.6 Å². The summed E-state index contributed by atoms with van der Waals surface area (Å²) in [6, 6.07) is 8.33. The Kier molecular flexibility index (Phi) is 7.28. The molecule has 0 aromatic heterocycles. The number of rotatable bonds is 8. The maximum Gasteiger partial charge on any atom is 0.118 e. The van der Waals surface area contributed by atoms with Crippen LogP contribution in [0.25, 0.3) is 6.08 Å². The Morgan fingerprint density at radius 2 is 1.75 bits per heavy atom. The van der Waals surface area contributed by atoms with Gasteiger partial charge in [-0.05, 0) is 44.4 Å². The first-order chi connectivity index (χ1) is 11.1. The average Bonchev–Trinajstić information content (AvgIpc) is 2.51. The molecule has 1 nitrogen and oxygen atoms in total. The van der Waals surface area contributed by atoms with Crippen LogP contribution in [0.5, 0.6) is 5.75 Å². The van der Waals surface area contributed by atoms with E-state index in [2.05, 4.69) is 77.4 Å². The lowest BCUT2D eigenvalue weighted by molar-refractivity contribution is 0.415. The van der Waals surface area contributed by atoms with Crippen molar-refractivity contribution in [3.8, 4) is 5.75 Å². The molecule has 0 fully saturated rings. The maximum atomic E-state index is 5.27. The summed E-state index contributed by atoms with van der Waals surface area (Å²) in [6.07, 6.45) is 9.06. The Hall–Kier alpha value is -1.54. The van der Waals surface area contributed by atoms with Crippen molar-refractivity contribution in [3.05, 3.63) is 59.3 Å². The quantitative estimate of drug-likeness (QED) is 0.369. The fourth-order valence-electron chi connectivity index (χ4n) is 3.11. The minimum absolute atomic E-state index is 0.0380. The molecular formula is C22H34OSi. The van der Waals surface area contributed by atoms with Crippen LogP contribution < -0.4 is 4.74 Å². The molecule has 1 rings (SSSR count). The van der Waals surface area contributed by atoms with E-state index in [9.17, 15) is 0 Å². The lowest BCUT2D eigenvalue weighted by atomic mass is 9.84. The molecule has 0 unspecified atom stereocenters. The molecule has 0 bridgehead atoms. The van der Waals surface area contributed by atoms with Crippen LogP contribution in [-0.2, 0) is 0 Å². The first-order valence-electron chi connectivity index (χ1n) is 8.76. The topological polar surface area (TPSA) is 9.23 Å². The molecule has 1 aromatic carbocycles. The van der Waals surface area contributed by atoms with Crippen LogP contribution in [0.4, 0.5) is 0 Å². The molecule has 0 amide bonds. The van der Waals surface area contributed by atoms with E-state index in [0.717, 1.165) is 18.6 Å². The zero-order valence-corrected chi connectivity index (χ0v) is 17.6. The highest BCUT2D eigenvalue weighted by molar-refractivity contribution is 6.84. The molecule has 0 aliphatic rings. The van der Waals surface area contributed by atoms with Gasteiger partial charge in [-0.1, -0.05) is 67.7 Å². The molecular weight excluding hydrogens is 308 g/mol. The summed E-state index contributed by atoms with van der Waals surface area (Å²) in [4.78, 5) is 0. The molecule has 0 heterocycles. The van der Waals surface area contributed by atoms with Gasteiger partial charge < -0.3 is 4.74 Å². The van der Waals surface area contributed by atoms with Gasteiger partial charge in [-0.3, -0.25) is 0 Å². The standard InChI is InChI=1S/C22H34OSi/c1-9-22(4,16-10-11-18(2)3)21(24(6,7)8)17-19-12-14-20(23-5)15-13-19/h9,11-15,17H,1,10,16H2,2-8H3/b21-17-/t22-/m1/s1. The van der Waals surface area contributed by atoms with Gasteiger partial charge in [0.2, 0.25) is 0 Å². The van der Waals surface area contributed by atoms with Gasteiger partial charge in [0.15, 0.2) is 0 Å². The van der Waals surface area contributed by atoms with Gasteiger partial charge in [0.05, 0.1) is 15.2 Å². The minimum atomic E-state index is -1.49. The molecule has 0 aliphatic carbocycles. The first kappa shape index (κ1) is 20.5. The number of methoxy groups -OCH3 is 1. The van der Waals surface area contributed by atoms with Gasteiger partial charge in [-0.25, -0.2) is 0 Å². The molecule has 132 valence electrons. The molecule has 0 N–H and O–H groups in total. The Morgan fingerprint density at radius 1 is 1.17 bits per heavy atom. The van der Waals surface area contributed by atoms with Crippen molar-refractivity contribution >= 4 is 14.1 Å². The molecule has 0 spiro atoms. The molecule has 24 heavy (non-hydrogen) atoms. The highest BCUT2D eigenvalue weighted by Crippen LogP contribution is 2.40. The molecule has 0 saturated carbocycles. The number of hydrogen-bond acceptors (Lipinski definition) is 1. The fraction of sp³-hybridized carbons (Fsp3) is 0.455. The largest absolute Gasteiger partial charge is 0.497 e. The Morgan fingerprint density at radius 3 is 2.17 bits per heavy atom. The second-order valence-electron chi connectivity index (χ2n) is 8.02. The van der Waals surface area contributed by atoms with E-state index in [1.165, 1.54) is 11.1 Å². The summed E-state index contributed by atoms with van der Waals surface area (Å²) in [5.74, 6) is 0.900.